The predicted molar refractivity (Wildman–Crippen MR) is 118 cm³/mol. The van der Waals surface area contributed by atoms with Gasteiger partial charge in [-0.3, -0.25) is 9.10 Å². The molecule has 4 rings (SSSR count). The Kier molecular flexibility index (Phi) is 5.22. The third kappa shape index (κ3) is 4.02. The summed E-state index contributed by atoms with van der Waals surface area (Å²) in [6.07, 6.45) is 1.76. The van der Waals surface area contributed by atoms with Gasteiger partial charge >= 0.3 is 0 Å². The van der Waals surface area contributed by atoms with Crippen LogP contribution in [0, 0.1) is 0 Å². The fourth-order valence-electron chi connectivity index (χ4n) is 3.72. The number of carbonyl (C=O) groups excluding carboxylic acids is 1. The van der Waals surface area contributed by atoms with Crippen molar-refractivity contribution in [1.82, 2.24) is 0 Å². The van der Waals surface area contributed by atoms with Gasteiger partial charge in [-0.05, 0) is 61.4 Å². The maximum atomic E-state index is 12.9. The van der Waals surface area contributed by atoms with E-state index in [4.69, 9.17) is 4.74 Å². The molecule has 1 aliphatic rings. The molecule has 0 unspecified atom stereocenters. The summed E-state index contributed by atoms with van der Waals surface area (Å²) in [4.78, 5) is 12.9. The van der Waals surface area contributed by atoms with Crippen molar-refractivity contribution < 1.29 is 17.9 Å². The van der Waals surface area contributed by atoms with Gasteiger partial charge in [0.05, 0.1) is 17.6 Å². The molecule has 0 bridgehead atoms. The van der Waals surface area contributed by atoms with Crippen molar-refractivity contribution in [2.24, 2.45) is 0 Å². The second kappa shape index (κ2) is 7.84. The van der Waals surface area contributed by atoms with Crippen LogP contribution < -0.4 is 14.4 Å². The third-order valence-corrected chi connectivity index (χ3v) is 6.23. The lowest BCUT2D eigenvalue weighted by molar-refractivity contribution is 0.102. The molecular weight excluding hydrogens is 400 g/mol. The summed E-state index contributed by atoms with van der Waals surface area (Å²) in [5, 5.41) is 2.90. The number of hydrogen-bond acceptors (Lipinski definition) is 4. The van der Waals surface area contributed by atoms with E-state index in [0.717, 1.165) is 5.56 Å². The minimum absolute atomic E-state index is 0.173. The number of sulfonamides is 1. The van der Waals surface area contributed by atoms with Crippen LogP contribution in [0.4, 0.5) is 11.4 Å². The van der Waals surface area contributed by atoms with Crippen molar-refractivity contribution in [2.75, 3.05) is 15.9 Å². The Morgan fingerprint density at radius 2 is 1.73 bits per heavy atom. The average molecular weight is 423 g/mol. The van der Waals surface area contributed by atoms with Gasteiger partial charge < -0.3 is 10.1 Å². The SMILES string of the molecule is C[C@H]1Cc2cc(C(=O)Nc3ccccc3Oc3ccccc3)ccc2N1S(C)(=O)=O. The molecular formula is C23H22N2O4S. The summed E-state index contributed by atoms with van der Waals surface area (Å²) in [7, 11) is -3.37. The number of amides is 1. The minimum Gasteiger partial charge on any atom is -0.455 e. The van der Waals surface area contributed by atoms with E-state index in [2.05, 4.69) is 5.32 Å². The average Bonchev–Trinajstić information content (AvgIpc) is 3.05. The van der Waals surface area contributed by atoms with E-state index in [1.54, 1.807) is 30.3 Å². The first-order chi connectivity index (χ1) is 14.3. The molecule has 3 aromatic rings. The largest absolute Gasteiger partial charge is 0.455 e. The summed E-state index contributed by atoms with van der Waals surface area (Å²) in [5.41, 5.74) is 2.49. The first-order valence-electron chi connectivity index (χ1n) is 9.58. The van der Waals surface area contributed by atoms with Gasteiger partial charge in [0.25, 0.3) is 5.91 Å². The van der Waals surface area contributed by atoms with Crippen LogP contribution in [0.1, 0.15) is 22.8 Å². The molecule has 0 aromatic heterocycles. The number of rotatable bonds is 5. The number of carbonyl (C=O) groups is 1. The summed E-state index contributed by atoms with van der Waals surface area (Å²) < 4.78 is 31.5. The Bertz CT molecular complexity index is 1190. The minimum atomic E-state index is -3.37. The number of nitrogens with zero attached hydrogens (tertiary/aromatic N) is 1. The zero-order valence-corrected chi connectivity index (χ0v) is 17.5. The molecule has 7 heteroatoms. The number of fused-ring (bicyclic) bond motifs is 1. The van der Waals surface area contributed by atoms with Crippen LogP contribution in [0.3, 0.4) is 0 Å². The highest BCUT2D eigenvalue weighted by Crippen LogP contribution is 2.35. The molecule has 1 aliphatic heterocycles. The number of benzene rings is 3. The van der Waals surface area contributed by atoms with Gasteiger partial charge in [0, 0.05) is 11.6 Å². The zero-order valence-electron chi connectivity index (χ0n) is 16.7. The van der Waals surface area contributed by atoms with Gasteiger partial charge in [-0.15, -0.1) is 0 Å². The molecule has 0 aliphatic carbocycles. The van der Waals surface area contributed by atoms with Gasteiger partial charge in [0.1, 0.15) is 5.75 Å². The van der Waals surface area contributed by atoms with Crippen LogP contribution >= 0.6 is 0 Å². The van der Waals surface area contributed by atoms with E-state index >= 15 is 0 Å². The van der Waals surface area contributed by atoms with Crippen LogP contribution in [0.15, 0.2) is 72.8 Å². The second-order valence-electron chi connectivity index (χ2n) is 7.32. The highest BCUT2D eigenvalue weighted by molar-refractivity contribution is 7.92. The normalized spacial score (nSPS) is 15.5. The molecule has 1 heterocycles. The fourth-order valence-corrected chi connectivity index (χ4v) is 4.98. The number of hydrogen-bond donors (Lipinski definition) is 1. The maximum Gasteiger partial charge on any atom is 0.255 e. The van der Waals surface area contributed by atoms with Crippen LogP contribution in [0.25, 0.3) is 0 Å². The Morgan fingerprint density at radius 1 is 1.03 bits per heavy atom. The van der Waals surface area contributed by atoms with E-state index < -0.39 is 10.0 Å². The molecule has 6 nitrogen and oxygen atoms in total. The van der Waals surface area contributed by atoms with Crippen LogP contribution in [-0.2, 0) is 16.4 Å². The number of anilines is 2. The molecule has 154 valence electrons. The van der Waals surface area contributed by atoms with Crippen LogP contribution in [0.2, 0.25) is 0 Å². The summed E-state index contributed by atoms with van der Waals surface area (Å²) in [5.74, 6) is 0.925. The lowest BCUT2D eigenvalue weighted by Gasteiger charge is -2.21. The monoisotopic (exact) mass is 422 g/mol. The van der Waals surface area contributed by atoms with E-state index in [0.29, 0.717) is 34.9 Å². The second-order valence-corrected chi connectivity index (χ2v) is 9.18. The molecule has 0 saturated carbocycles. The Morgan fingerprint density at radius 3 is 2.47 bits per heavy atom. The van der Waals surface area contributed by atoms with Gasteiger partial charge in [0.15, 0.2) is 5.75 Å². The summed E-state index contributed by atoms with van der Waals surface area (Å²) >= 11 is 0. The molecule has 1 amide bonds. The van der Waals surface area contributed by atoms with Gasteiger partial charge in [-0.2, -0.15) is 0 Å². The first-order valence-corrected chi connectivity index (χ1v) is 11.4. The third-order valence-electron chi connectivity index (χ3n) is 4.96. The Balaban J connectivity index is 1.57. The predicted octanol–water partition coefficient (Wildman–Crippen LogP) is 4.44. The highest BCUT2D eigenvalue weighted by Gasteiger charge is 2.32. The Hall–Kier alpha value is -3.32. The Labute approximate surface area is 176 Å². The molecule has 3 aromatic carbocycles. The van der Waals surface area contributed by atoms with Crippen molar-refractivity contribution in [3.8, 4) is 11.5 Å². The molecule has 0 fully saturated rings. The van der Waals surface area contributed by atoms with Crippen LogP contribution in [0.5, 0.6) is 11.5 Å². The van der Waals surface area contributed by atoms with Gasteiger partial charge in [-0.1, -0.05) is 30.3 Å². The lowest BCUT2D eigenvalue weighted by atomic mass is 10.1. The molecule has 1 N–H and O–H groups in total. The topological polar surface area (TPSA) is 75.7 Å². The lowest BCUT2D eigenvalue weighted by Crippen LogP contribution is -2.34. The van der Waals surface area contributed by atoms with Crippen molar-refractivity contribution in [3.63, 3.8) is 0 Å². The number of para-hydroxylation sites is 3. The molecule has 0 saturated heterocycles. The van der Waals surface area contributed by atoms with Crippen molar-refractivity contribution >= 4 is 27.3 Å². The summed E-state index contributed by atoms with van der Waals surface area (Å²) in [6, 6.07) is 21.5. The van der Waals surface area contributed by atoms with E-state index in [9.17, 15) is 13.2 Å². The highest BCUT2D eigenvalue weighted by atomic mass is 32.2. The zero-order chi connectivity index (χ0) is 21.3. The van der Waals surface area contributed by atoms with Crippen molar-refractivity contribution in [2.45, 2.75) is 19.4 Å². The fraction of sp³-hybridized carbons (Fsp3) is 0.174. The van der Waals surface area contributed by atoms with Gasteiger partial charge in [0.2, 0.25) is 10.0 Å². The number of nitrogens with one attached hydrogen (secondary N) is 1. The standard InChI is InChI=1S/C23H22N2O4S/c1-16-14-18-15-17(12-13-21(18)25(16)30(2,27)28)23(26)24-20-10-6-7-11-22(20)29-19-8-4-3-5-9-19/h3-13,15-16H,14H2,1-2H3,(H,24,26)/t16-/m0/s1. The molecule has 30 heavy (non-hydrogen) atoms. The molecule has 0 spiro atoms. The maximum absolute atomic E-state index is 12.9. The van der Waals surface area contributed by atoms with E-state index in [-0.39, 0.29) is 11.9 Å². The smallest absolute Gasteiger partial charge is 0.255 e. The van der Waals surface area contributed by atoms with Gasteiger partial charge in [-0.25, -0.2) is 8.42 Å². The first kappa shape index (κ1) is 20.0. The molecule has 0 radical (unpaired) electrons. The van der Waals surface area contributed by atoms with Crippen LogP contribution in [-0.4, -0.2) is 26.6 Å². The number of ether oxygens (including phenoxy) is 1. The van der Waals surface area contributed by atoms with E-state index in [1.807, 2.05) is 49.4 Å². The van der Waals surface area contributed by atoms with Crippen molar-refractivity contribution in [3.05, 3.63) is 83.9 Å². The van der Waals surface area contributed by atoms with E-state index in [1.165, 1.54) is 10.6 Å². The van der Waals surface area contributed by atoms with Crippen molar-refractivity contribution in [1.29, 1.82) is 0 Å². The quantitative estimate of drug-likeness (QED) is 0.659. The summed E-state index contributed by atoms with van der Waals surface area (Å²) in [6.45, 7) is 1.86. The molecule has 1 atom stereocenters.